The van der Waals surface area contributed by atoms with E-state index in [-0.39, 0.29) is 35.9 Å². The number of rotatable bonds is 8. The number of methoxy groups -OCH3 is 1. The van der Waals surface area contributed by atoms with Crippen LogP contribution in [0.15, 0.2) is 53.6 Å². The summed E-state index contributed by atoms with van der Waals surface area (Å²) in [6.07, 6.45) is 0.409. The van der Waals surface area contributed by atoms with Gasteiger partial charge in [0, 0.05) is 35.8 Å². The van der Waals surface area contributed by atoms with E-state index >= 15 is 0 Å². The zero-order chi connectivity index (χ0) is 24.3. The van der Waals surface area contributed by atoms with E-state index in [0.717, 1.165) is 10.9 Å². The maximum absolute atomic E-state index is 13.1. The molecule has 9 nitrogen and oxygen atoms in total. The second kappa shape index (κ2) is 9.96. The minimum absolute atomic E-state index is 0.0230. The number of H-pyrrole nitrogens is 1. The molecule has 1 aliphatic rings. The van der Waals surface area contributed by atoms with Gasteiger partial charge in [0.1, 0.15) is 10.6 Å². The van der Waals surface area contributed by atoms with E-state index in [1.165, 1.54) is 30.5 Å². The lowest BCUT2D eigenvalue weighted by atomic mass is 10.1. The molecule has 1 N–H and O–H groups in total. The van der Waals surface area contributed by atoms with Crippen LogP contribution in [-0.4, -0.2) is 69.0 Å². The molecule has 0 radical (unpaired) electrons. The molecule has 0 amide bonds. The zero-order valence-corrected chi connectivity index (χ0v) is 19.8. The van der Waals surface area contributed by atoms with Crippen molar-refractivity contribution in [2.75, 3.05) is 33.4 Å². The number of para-hydroxylation sites is 1. The van der Waals surface area contributed by atoms with Gasteiger partial charge in [-0.15, -0.1) is 0 Å². The van der Waals surface area contributed by atoms with Gasteiger partial charge >= 0.3 is 5.97 Å². The summed E-state index contributed by atoms with van der Waals surface area (Å²) >= 11 is 0. The fourth-order valence-corrected chi connectivity index (χ4v) is 5.53. The maximum Gasteiger partial charge on any atom is 0.310 e. The molecule has 2 heterocycles. The second-order valence-corrected chi connectivity index (χ2v) is 9.83. The van der Waals surface area contributed by atoms with E-state index in [1.807, 2.05) is 24.3 Å². The summed E-state index contributed by atoms with van der Waals surface area (Å²) in [5.74, 6) is -0.775. The van der Waals surface area contributed by atoms with Crippen molar-refractivity contribution in [3.63, 3.8) is 0 Å². The van der Waals surface area contributed by atoms with Crippen LogP contribution in [0.1, 0.15) is 22.8 Å². The summed E-state index contributed by atoms with van der Waals surface area (Å²) in [4.78, 5) is 28.4. The molecular formula is C24H26N2O7S. The number of Topliss-reactive ketones (excluding diaryl/α,β-unsaturated/α-hetero) is 1. The third-order valence-corrected chi connectivity index (χ3v) is 7.62. The molecule has 0 aliphatic carbocycles. The molecule has 1 fully saturated rings. The molecule has 1 aliphatic heterocycles. The first-order chi connectivity index (χ1) is 16.3. The third-order valence-electron chi connectivity index (χ3n) is 5.70. The molecule has 1 aromatic heterocycles. The summed E-state index contributed by atoms with van der Waals surface area (Å²) in [6, 6.07) is 11.9. The van der Waals surface area contributed by atoms with Gasteiger partial charge in [-0.2, -0.15) is 4.31 Å². The van der Waals surface area contributed by atoms with Gasteiger partial charge in [0.25, 0.3) is 0 Å². The molecule has 0 unspecified atom stereocenters. The van der Waals surface area contributed by atoms with Crippen LogP contribution in [0.2, 0.25) is 0 Å². The number of esters is 1. The van der Waals surface area contributed by atoms with Gasteiger partial charge in [-0.1, -0.05) is 24.3 Å². The van der Waals surface area contributed by atoms with Crippen LogP contribution in [0.3, 0.4) is 0 Å². The van der Waals surface area contributed by atoms with Crippen LogP contribution in [0, 0.1) is 0 Å². The summed E-state index contributed by atoms with van der Waals surface area (Å²) in [7, 11) is -2.44. The van der Waals surface area contributed by atoms with Crippen molar-refractivity contribution < 1.29 is 32.2 Å². The number of carbonyl (C=O) groups excluding carboxylic acids is 2. The summed E-state index contributed by atoms with van der Waals surface area (Å²) in [5.41, 5.74) is 1.69. The fourth-order valence-electron chi connectivity index (χ4n) is 3.91. The van der Waals surface area contributed by atoms with Crippen molar-refractivity contribution in [2.45, 2.75) is 24.3 Å². The molecule has 10 heteroatoms. The summed E-state index contributed by atoms with van der Waals surface area (Å²) in [6.45, 7) is 2.63. The molecule has 0 saturated carbocycles. The first-order valence-electron chi connectivity index (χ1n) is 10.9. The SMILES string of the molecule is COc1ccc(CC(=O)O[C@@H](C)C(=O)c2c[nH]c3ccccc23)cc1S(=O)(=O)N1CCOCC1. The number of hydrogen-bond acceptors (Lipinski definition) is 7. The lowest BCUT2D eigenvalue weighted by Crippen LogP contribution is -2.40. The molecule has 4 rings (SSSR count). The lowest BCUT2D eigenvalue weighted by molar-refractivity contribution is -0.145. The van der Waals surface area contributed by atoms with Gasteiger partial charge in [-0.25, -0.2) is 8.42 Å². The standard InChI is InChI=1S/C24H26N2O7S/c1-16(24(28)19-15-25-20-6-4-3-5-18(19)20)33-23(27)14-17-7-8-21(31-2)22(13-17)34(29,30)26-9-11-32-12-10-26/h3-8,13,15-16,25H,9-12,14H2,1-2H3/t16-/m0/s1. The predicted molar refractivity (Wildman–Crippen MR) is 124 cm³/mol. The Kier molecular flexibility index (Phi) is 7.01. The average Bonchev–Trinajstić information content (AvgIpc) is 3.28. The minimum atomic E-state index is -3.83. The van der Waals surface area contributed by atoms with E-state index in [4.69, 9.17) is 14.2 Å². The van der Waals surface area contributed by atoms with E-state index in [1.54, 1.807) is 12.3 Å². The van der Waals surface area contributed by atoms with Gasteiger partial charge in [0.05, 0.1) is 26.7 Å². The number of ether oxygens (including phenoxy) is 3. The van der Waals surface area contributed by atoms with Crippen LogP contribution in [0.4, 0.5) is 0 Å². The monoisotopic (exact) mass is 486 g/mol. The second-order valence-electron chi connectivity index (χ2n) is 7.92. The molecule has 3 aromatic rings. The number of nitrogens with zero attached hydrogens (tertiary/aromatic N) is 1. The Morgan fingerprint density at radius 1 is 1.15 bits per heavy atom. The minimum Gasteiger partial charge on any atom is -0.495 e. The van der Waals surface area contributed by atoms with Crippen molar-refractivity contribution in [3.8, 4) is 5.75 Å². The Balaban J connectivity index is 1.48. The van der Waals surface area contributed by atoms with Crippen molar-refractivity contribution in [2.24, 2.45) is 0 Å². The normalized spacial score (nSPS) is 15.7. The van der Waals surface area contributed by atoms with Crippen LogP contribution in [-0.2, 0) is 30.7 Å². The molecule has 34 heavy (non-hydrogen) atoms. The largest absolute Gasteiger partial charge is 0.495 e. The first-order valence-corrected chi connectivity index (χ1v) is 12.3. The van der Waals surface area contributed by atoms with Crippen molar-refractivity contribution >= 4 is 32.7 Å². The highest BCUT2D eigenvalue weighted by molar-refractivity contribution is 7.89. The number of fused-ring (bicyclic) bond motifs is 1. The number of nitrogens with one attached hydrogen (secondary N) is 1. The van der Waals surface area contributed by atoms with Crippen LogP contribution in [0.5, 0.6) is 5.75 Å². The maximum atomic E-state index is 13.1. The van der Waals surface area contributed by atoms with Crippen LogP contribution >= 0.6 is 0 Å². The van der Waals surface area contributed by atoms with E-state index in [0.29, 0.717) is 24.3 Å². The molecule has 0 spiro atoms. The highest BCUT2D eigenvalue weighted by Crippen LogP contribution is 2.29. The Labute approximate surface area is 197 Å². The lowest BCUT2D eigenvalue weighted by Gasteiger charge is -2.26. The quantitative estimate of drug-likeness (QED) is 0.384. The number of ketones is 1. The molecule has 2 aromatic carbocycles. The number of hydrogen-bond donors (Lipinski definition) is 1. The summed E-state index contributed by atoms with van der Waals surface area (Å²) in [5, 5.41) is 0.753. The van der Waals surface area contributed by atoms with Crippen LogP contribution in [0.25, 0.3) is 10.9 Å². The van der Waals surface area contributed by atoms with E-state index in [9.17, 15) is 18.0 Å². The smallest absolute Gasteiger partial charge is 0.310 e. The number of benzene rings is 2. The Hall–Kier alpha value is -3.21. The first kappa shape index (κ1) is 23.9. The Bertz CT molecular complexity index is 1310. The third kappa shape index (κ3) is 4.84. The number of morpholine rings is 1. The van der Waals surface area contributed by atoms with Gasteiger partial charge < -0.3 is 19.2 Å². The van der Waals surface area contributed by atoms with Crippen molar-refractivity contribution in [1.82, 2.24) is 9.29 Å². The predicted octanol–water partition coefficient (Wildman–Crippen LogP) is 2.55. The van der Waals surface area contributed by atoms with Crippen molar-refractivity contribution in [3.05, 3.63) is 59.8 Å². The molecule has 180 valence electrons. The van der Waals surface area contributed by atoms with Gasteiger partial charge in [0.2, 0.25) is 15.8 Å². The average molecular weight is 487 g/mol. The Morgan fingerprint density at radius 2 is 1.88 bits per heavy atom. The topological polar surface area (TPSA) is 115 Å². The number of carbonyl (C=O) groups is 2. The number of aromatic amines is 1. The van der Waals surface area contributed by atoms with Crippen molar-refractivity contribution in [1.29, 1.82) is 0 Å². The number of aromatic nitrogens is 1. The molecule has 1 saturated heterocycles. The zero-order valence-electron chi connectivity index (χ0n) is 18.9. The van der Waals surface area contributed by atoms with Gasteiger partial charge in [-0.05, 0) is 30.7 Å². The highest BCUT2D eigenvalue weighted by atomic mass is 32.2. The van der Waals surface area contributed by atoms with Gasteiger partial charge in [-0.3, -0.25) is 9.59 Å². The Morgan fingerprint density at radius 3 is 2.62 bits per heavy atom. The summed E-state index contributed by atoms with van der Waals surface area (Å²) < 4.78 is 43.5. The van der Waals surface area contributed by atoms with Gasteiger partial charge in [0.15, 0.2) is 6.10 Å². The fraction of sp³-hybridized carbons (Fsp3) is 0.333. The van der Waals surface area contributed by atoms with Crippen LogP contribution < -0.4 is 4.74 Å². The van der Waals surface area contributed by atoms with E-state index in [2.05, 4.69) is 4.98 Å². The molecular weight excluding hydrogens is 460 g/mol. The number of sulfonamides is 1. The highest BCUT2D eigenvalue weighted by Gasteiger charge is 2.30. The molecule has 1 atom stereocenters. The molecule has 0 bridgehead atoms. The van der Waals surface area contributed by atoms with E-state index < -0.39 is 22.1 Å².